The van der Waals surface area contributed by atoms with Crippen molar-refractivity contribution in [3.63, 3.8) is 0 Å². The molecular weight excluding hydrogens is 374 g/mol. The van der Waals surface area contributed by atoms with Crippen molar-refractivity contribution in [2.45, 2.75) is 51.8 Å². The Morgan fingerprint density at radius 1 is 1.21 bits per heavy atom. The predicted octanol–water partition coefficient (Wildman–Crippen LogP) is 2.62. The van der Waals surface area contributed by atoms with Crippen LogP contribution in [-0.4, -0.2) is 59.7 Å². The minimum atomic E-state index is -0.870. The minimum absolute atomic E-state index is 0.276. The van der Waals surface area contributed by atoms with Crippen LogP contribution in [0, 0.1) is 0 Å². The van der Waals surface area contributed by atoms with E-state index < -0.39 is 35.7 Å². The van der Waals surface area contributed by atoms with E-state index in [-0.39, 0.29) is 6.42 Å². The molecule has 2 atom stereocenters. The zero-order chi connectivity index (χ0) is 21.8. The molecule has 8 heteroatoms. The number of para-hydroxylation sites is 1. The van der Waals surface area contributed by atoms with E-state index in [0.29, 0.717) is 0 Å². The number of carbonyl (C=O) groups is 3. The lowest BCUT2D eigenvalue weighted by Crippen LogP contribution is -2.52. The standard InChI is InChI=1S/C21H29N3O5/c1-13(23-20(27)29-21(2,3)4)18(25)24(5)17(19(26)28-6)11-14-12-22-16-10-8-7-9-15(14)16/h7-10,12-13,17,22H,11H2,1-6H3,(H,23,27). The first-order valence-electron chi connectivity index (χ1n) is 9.42. The first-order valence-corrected chi connectivity index (χ1v) is 9.42. The quantitative estimate of drug-likeness (QED) is 0.722. The summed E-state index contributed by atoms with van der Waals surface area (Å²) >= 11 is 0. The number of aromatic nitrogens is 1. The molecule has 0 aliphatic heterocycles. The van der Waals surface area contributed by atoms with Crippen molar-refractivity contribution in [3.05, 3.63) is 36.0 Å². The lowest BCUT2D eigenvalue weighted by Gasteiger charge is -2.29. The second-order valence-corrected chi connectivity index (χ2v) is 7.92. The molecule has 0 spiro atoms. The van der Waals surface area contributed by atoms with E-state index in [9.17, 15) is 14.4 Å². The van der Waals surface area contributed by atoms with Crippen LogP contribution in [0.5, 0.6) is 0 Å². The van der Waals surface area contributed by atoms with Gasteiger partial charge in [-0.2, -0.15) is 0 Å². The Morgan fingerprint density at radius 3 is 2.48 bits per heavy atom. The summed E-state index contributed by atoms with van der Waals surface area (Å²) in [5, 5.41) is 3.48. The van der Waals surface area contributed by atoms with Gasteiger partial charge in [-0.05, 0) is 39.3 Å². The molecule has 0 radical (unpaired) electrons. The number of carbonyl (C=O) groups excluding carboxylic acids is 3. The van der Waals surface area contributed by atoms with E-state index in [0.717, 1.165) is 16.5 Å². The number of alkyl carbamates (subject to hydrolysis) is 1. The number of rotatable bonds is 6. The summed E-state index contributed by atoms with van der Waals surface area (Å²) in [5.74, 6) is -0.957. The molecule has 1 aromatic heterocycles. The van der Waals surface area contributed by atoms with Gasteiger partial charge in [-0.3, -0.25) is 4.79 Å². The summed E-state index contributed by atoms with van der Waals surface area (Å²) in [6, 6.07) is 6.01. The van der Waals surface area contributed by atoms with Crippen LogP contribution in [-0.2, 0) is 25.5 Å². The Bertz CT molecular complexity index is 884. The molecule has 0 saturated heterocycles. The maximum atomic E-state index is 12.8. The molecule has 0 aliphatic rings. The molecular formula is C21H29N3O5. The molecule has 158 valence electrons. The third kappa shape index (κ3) is 5.73. The van der Waals surface area contributed by atoms with Gasteiger partial charge in [0, 0.05) is 30.6 Å². The van der Waals surface area contributed by atoms with Crippen molar-refractivity contribution >= 4 is 28.9 Å². The van der Waals surface area contributed by atoms with Crippen LogP contribution < -0.4 is 5.32 Å². The Hall–Kier alpha value is -3.03. The summed E-state index contributed by atoms with van der Waals surface area (Å²) in [5.41, 5.74) is 1.16. The van der Waals surface area contributed by atoms with Crippen molar-refractivity contribution in [3.8, 4) is 0 Å². The highest BCUT2D eigenvalue weighted by Gasteiger charge is 2.32. The molecule has 2 rings (SSSR count). The van der Waals surface area contributed by atoms with Crippen LogP contribution in [0.4, 0.5) is 4.79 Å². The van der Waals surface area contributed by atoms with Crippen molar-refractivity contribution in [1.29, 1.82) is 0 Å². The fraction of sp³-hybridized carbons (Fsp3) is 0.476. The average Bonchev–Trinajstić information content (AvgIpc) is 3.05. The SMILES string of the molecule is COC(=O)C(Cc1c[nH]c2ccccc12)N(C)C(=O)C(C)NC(=O)OC(C)(C)C. The number of amides is 2. The fourth-order valence-electron chi connectivity index (χ4n) is 3.03. The minimum Gasteiger partial charge on any atom is -0.467 e. The van der Waals surface area contributed by atoms with Crippen LogP contribution in [0.25, 0.3) is 10.9 Å². The van der Waals surface area contributed by atoms with Gasteiger partial charge in [0.1, 0.15) is 17.7 Å². The van der Waals surface area contributed by atoms with Gasteiger partial charge < -0.3 is 24.7 Å². The van der Waals surface area contributed by atoms with Gasteiger partial charge in [0.05, 0.1) is 7.11 Å². The number of likely N-dealkylation sites (N-methyl/N-ethyl adjacent to an activating group) is 1. The van der Waals surface area contributed by atoms with E-state index in [1.54, 1.807) is 27.7 Å². The van der Waals surface area contributed by atoms with Gasteiger partial charge in [0.25, 0.3) is 0 Å². The molecule has 1 aromatic carbocycles. The summed E-state index contributed by atoms with van der Waals surface area (Å²) in [6.45, 7) is 6.75. The van der Waals surface area contributed by atoms with Crippen molar-refractivity contribution < 1.29 is 23.9 Å². The third-order valence-corrected chi connectivity index (χ3v) is 4.48. The number of fused-ring (bicyclic) bond motifs is 1. The van der Waals surface area contributed by atoms with E-state index in [1.165, 1.54) is 19.1 Å². The topological polar surface area (TPSA) is 101 Å². The Labute approximate surface area is 170 Å². The first-order chi connectivity index (χ1) is 13.5. The lowest BCUT2D eigenvalue weighted by atomic mass is 10.0. The van der Waals surface area contributed by atoms with Gasteiger partial charge in [-0.1, -0.05) is 18.2 Å². The first kappa shape index (κ1) is 22.3. The molecule has 2 amide bonds. The second kappa shape index (κ2) is 8.98. The maximum absolute atomic E-state index is 12.8. The Morgan fingerprint density at radius 2 is 1.86 bits per heavy atom. The van der Waals surface area contributed by atoms with Gasteiger partial charge >= 0.3 is 12.1 Å². The normalized spacial score (nSPS) is 13.4. The van der Waals surface area contributed by atoms with Crippen molar-refractivity contribution in [1.82, 2.24) is 15.2 Å². The molecule has 0 fully saturated rings. The molecule has 29 heavy (non-hydrogen) atoms. The van der Waals surface area contributed by atoms with Crippen molar-refractivity contribution in [2.24, 2.45) is 0 Å². The van der Waals surface area contributed by atoms with Crippen LogP contribution >= 0.6 is 0 Å². The highest BCUT2D eigenvalue weighted by molar-refractivity contribution is 5.90. The van der Waals surface area contributed by atoms with E-state index in [1.807, 2.05) is 30.5 Å². The second-order valence-electron chi connectivity index (χ2n) is 7.92. The molecule has 2 N–H and O–H groups in total. The van der Waals surface area contributed by atoms with Crippen molar-refractivity contribution in [2.75, 3.05) is 14.2 Å². The van der Waals surface area contributed by atoms with Crippen LogP contribution in [0.1, 0.15) is 33.3 Å². The number of methoxy groups -OCH3 is 1. The number of nitrogens with zero attached hydrogens (tertiary/aromatic N) is 1. The monoisotopic (exact) mass is 403 g/mol. The number of hydrogen-bond acceptors (Lipinski definition) is 5. The zero-order valence-electron chi connectivity index (χ0n) is 17.7. The fourth-order valence-corrected chi connectivity index (χ4v) is 3.03. The predicted molar refractivity (Wildman–Crippen MR) is 109 cm³/mol. The third-order valence-electron chi connectivity index (χ3n) is 4.48. The van der Waals surface area contributed by atoms with Gasteiger partial charge in [-0.25, -0.2) is 9.59 Å². The summed E-state index contributed by atoms with van der Waals surface area (Å²) in [6.07, 6.45) is 1.40. The molecule has 8 nitrogen and oxygen atoms in total. The van der Waals surface area contributed by atoms with Crippen LogP contribution in [0.3, 0.4) is 0 Å². The summed E-state index contributed by atoms with van der Waals surface area (Å²) < 4.78 is 10.1. The Kier molecular flexibility index (Phi) is 6.89. The number of nitrogens with one attached hydrogen (secondary N) is 2. The number of benzene rings is 1. The van der Waals surface area contributed by atoms with Gasteiger partial charge in [-0.15, -0.1) is 0 Å². The molecule has 1 heterocycles. The number of ether oxygens (including phenoxy) is 2. The van der Waals surface area contributed by atoms with Crippen LogP contribution in [0.2, 0.25) is 0 Å². The molecule has 0 bridgehead atoms. The lowest BCUT2D eigenvalue weighted by molar-refractivity contribution is -0.152. The van der Waals surface area contributed by atoms with Crippen LogP contribution in [0.15, 0.2) is 30.5 Å². The number of H-pyrrole nitrogens is 1. The van der Waals surface area contributed by atoms with Gasteiger partial charge in [0.15, 0.2) is 0 Å². The van der Waals surface area contributed by atoms with E-state index in [2.05, 4.69) is 10.3 Å². The maximum Gasteiger partial charge on any atom is 0.408 e. The van der Waals surface area contributed by atoms with E-state index >= 15 is 0 Å². The smallest absolute Gasteiger partial charge is 0.408 e. The molecule has 2 unspecified atom stereocenters. The Balaban J connectivity index is 2.15. The van der Waals surface area contributed by atoms with E-state index in [4.69, 9.17) is 9.47 Å². The highest BCUT2D eigenvalue weighted by Crippen LogP contribution is 2.21. The molecule has 0 aliphatic carbocycles. The highest BCUT2D eigenvalue weighted by atomic mass is 16.6. The number of esters is 1. The summed E-state index contributed by atoms with van der Waals surface area (Å²) in [4.78, 5) is 41.7. The zero-order valence-corrected chi connectivity index (χ0v) is 17.7. The number of aromatic amines is 1. The average molecular weight is 403 g/mol. The molecule has 2 aromatic rings. The summed E-state index contributed by atoms with van der Waals surface area (Å²) in [7, 11) is 2.80. The molecule has 0 saturated carbocycles. The van der Waals surface area contributed by atoms with Gasteiger partial charge in [0.2, 0.25) is 5.91 Å². The largest absolute Gasteiger partial charge is 0.467 e. The number of hydrogen-bond donors (Lipinski definition) is 2.